The summed E-state index contributed by atoms with van der Waals surface area (Å²) in [5, 5.41) is 2.56. The first kappa shape index (κ1) is 8.40. The molecule has 1 unspecified atom stereocenters. The van der Waals surface area contributed by atoms with E-state index in [4.69, 9.17) is 0 Å². The van der Waals surface area contributed by atoms with E-state index in [0.29, 0.717) is 6.42 Å². The van der Waals surface area contributed by atoms with Gasteiger partial charge in [0.25, 0.3) is 0 Å². The quantitative estimate of drug-likeness (QED) is 0.608. The SMILES string of the molecule is CC(=O)NC(C)CCF. The smallest absolute Gasteiger partial charge is 0.217 e. The number of rotatable bonds is 3. The average molecular weight is 133 g/mol. The van der Waals surface area contributed by atoms with Crippen molar-refractivity contribution < 1.29 is 9.18 Å². The molecule has 1 amide bonds. The molecule has 1 N–H and O–H groups in total. The van der Waals surface area contributed by atoms with E-state index in [1.54, 1.807) is 6.92 Å². The first-order valence-electron chi connectivity index (χ1n) is 3.00. The van der Waals surface area contributed by atoms with Crippen LogP contribution in [0.4, 0.5) is 4.39 Å². The van der Waals surface area contributed by atoms with Crippen molar-refractivity contribution in [3.05, 3.63) is 0 Å². The van der Waals surface area contributed by atoms with Gasteiger partial charge in [0.15, 0.2) is 0 Å². The molecule has 1 atom stereocenters. The zero-order chi connectivity index (χ0) is 7.28. The maximum Gasteiger partial charge on any atom is 0.217 e. The molecular formula is C6H12FNO. The molecule has 0 saturated heterocycles. The minimum atomic E-state index is -0.374. The minimum Gasteiger partial charge on any atom is -0.354 e. The second kappa shape index (κ2) is 4.30. The number of alkyl halides is 1. The van der Waals surface area contributed by atoms with Crippen molar-refractivity contribution in [1.82, 2.24) is 5.32 Å². The number of carbonyl (C=O) groups excluding carboxylic acids is 1. The van der Waals surface area contributed by atoms with Crippen LogP contribution in [0.5, 0.6) is 0 Å². The molecule has 0 aromatic heterocycles. The van der Waals surface area contributed by atoms with Gasteiger partial charge < -0.3 is 5.32 Å². The van der Waals surface area contributed by atoms with Gasteiger partial charge in [-0.3, -0.25) is 9.18 Å². The maximum atomic E-state index is 11.5. The highest BCUT2D eigenvalue weighted by molar-refractivity contribution is 5.73. The predicted octanol–water partition coefficient (Wildman–Crippen LogP) is 0.871. The fourth-order valence-electron chi connectivity index (χ4n) is 0.583. The monoisotopic (exact) mass is 133 g/mol. The Balaban J connectivity index is 3.26. The van der Waals surface area contributed by atoms with E-state index in [-0.39, 0.29) is 18.6 Å². The summed E-state index contributed by atoms with van der Waals surface area (Å²) in [6.45, 7) is 2.83. The molecule has 0 rings (SSSR count). The van der Waals surface area contributed by atoms with Crippen LogP contribution in [0.25, 0.3) is 0 Å². The van der Waals surface area contributed by atoms with Gasteiger partial charge in [0.1, 0.15) is 0 Å². The van der Waals surface area contributed by atoms with Crippen molar-refractivity contribution in [3.8, 4) is 0 Å². The Morgan fingerprint density at radius 2 is 2.33 bits per heavy atom. The topological polar surface area (TPSA) is 29.1 Å². The van der Waals surface area contributed by atoms with E-state index < -0.39 is 0 Å². The van der Waals surface area contributed by atoms with Crippen LogP contribution in [-0.2, 0) is 4.79 Å². The Labute approximate surface area is 54.4 Å². The van der Waals surface area contributed by atoms with Gasteiger partial charge in [-0.1, -0.05) is 0 Å². The van der Waals surface area contributed by atoms with E-state index in [1.165, 1.54) is 6.92 Å². The van der Waals surface area contributed by atoms with Crippen molar-refractivity contribution in [2.24, 2.45) is 0 Å². The number of nitrogens with one attached hydrogen (secondary N) is 1. The third-order valence-corrected chi connectivity index (χ3v) is 0.992. The predicted molar refractivity (Wildman–Crippen MR) is 33.9 cm³/mol. The number of halogens is 1. The van der Waals surface area contributed by atoms with Crippen molar-refractivity contribution in [3.63, 3.8) is 0 Å². The molecule has 0 aromatic rings. The molecule has 0 aromatic carbocycles. The third kappa shape index (κ3) is 5.27. The Bertz CT molecular complexity index is 95.1. The number of hydrogen-bond acceptors (Lipinski definition) is 1. The van der Waals surface area contributed by atoms with Crippen LogP contribution < -0.4 is 5.32 Å². The lowest BCUT2D eigenvalue weighted by molar-refractivity contribution is -0.119. The first-order chi connectivity index (χ1) is 4.16. The fraction of sp³-hybridized carbons (Fsp3) is 0.833. The standard InChI is InChI=1S/C6H12FNO/c1-5(3-4-7)8-6(2)9/h5H,3-4H2,1-2H3,(H,8,9). The molecule has 0 aliphatic heterocycles. The Morgan fingerprint density at radius 1 is 1.78 bits per heavy atom. The van der Waals surface area contributed by atoms with Crippen LogP contribution in [0.15, 0.2) is 0 Å². The van der Waals surface area contributed by atoms with Crippen molar-refractivity contribution in [2.75, 3.05) is 6.67 Å². The van der Waals surface area contributed by atoms with E-state index >= 15 is 0 Å². The van der Waals surface area contributed by atoms with Gasteiger partial charge in [-0.15, -0.1) is 0 Å². The average Bonchev–Trinajstić information content (AvgIpc) is 1.63. The van der Waals surface area contributed by atoms with Crippen LogP contribution >= 0.6 is 0 Å². The van der Waals surface area contributed by atoms with Gasteiger partial charge in [0.2, 0.25) is 5.91 Å². The summed E-state index contributed by atoms with van der Waals surface area (Å²) in [6, 6.07) is -0.0347. The molecule has 0 aliphatic rings. The van der Waals surface area contributed by atoms with Crippen molar-refractivity contribution in [1.29, 1.82) is 0 Å². The molecule has 54 valence electrons. The Kier molecular flexibility index (Phi) is 4.01. The Morgan fingerprint density at radius 3 is 2.67 bits per heavy atom. The van der Waals surface area contributed by atoms with Gasteiger partial charge in [-0.25, -0.2) is 0 Å². The fourth-order valence-corrected chi connectivity index (χ4v) is 0.583. The van der Waals surface area contributed by atoms with Gasteiger partial charge in [0, 0.05) is 13.0 Å². The molecule has 0 radical (unpaired) electrons. The van der Waals surface area contributed by atoms with E-state index in [9.17, 15) is 9.18 Å². The number of amides is 1. The van der Waals surface area contributed by atoms with Crippen LogP contribution in [0, 0.1) is 0 Å². The summed E-state index contributed by atoms with van der Waals surface area (Å²) in [4.78, 5) is 10.3. The van der Waals surface area contributed by atoms with Crippen LogP contribution in [0.3, 0.4) is 0 Å². The van der Waals surface area contributed by atoms with Crippen LogP contribution in [0.2, 0.25) is 0 Å². The second-order valence-electron chi connectivity index (χ2n) is 2.08. The highest BCUT2D eigenvalue weighted by atomic mass is 19.1. The molecule has 3 heteroatoms. The van der Waals surface area contributed by atoms with Crippen LogP contribution in [-0.4, -0.2) is 18.6 Å². The lowest BCUT2D eigenvalue weighted by Crippen LogP contribution is -2.30. The summed E-state index contributed by atoms with van der Waals surface area (Å²) < 4.78 is 11.5. The lowest BCUT2D eigenvalue weighted by Gasteiger charge is -2.08. The third-order valence-electron chi connectivity index (χ3n) is 0.992. The number of carbonyl (C=O) groups is 1. The summed E-state index contributed by atoms with van der Waals surface area (Å²) in [6.07, 6.45) is 0.402. The minimum absolute atomic E-state index is 0.0347. The second-order valence-corrected chi connectivity index (χ2v) is 2.08. The zero-order valence-corrected chi connectivity index (χ0v) is 5.78. The van der Waals surface area contributed by atoms with Crippen molar-refractivity contribution >= 4 is 5.91 Å². The van der Waals surface area contributed by atoms with Crippen molar-refractivity contribution in [2.45, 2.75) is 26.3 Å². The molecule has 0 spiro atoms. The van der Waals surface area contributed by atoms with Gasteiger partial charge in [-0.05, 0) is 13.3 Å². The highest BCUT2D eigenvalue weighted by Crippen LogP contribution is 1.89. The molecule has 9 heavy (non-hydrogen) atoms. The summed E-state index contributed by atoms with van der Waals surface area (Å²) in [7, 11) is 0. The van der Waals surface area contributed by atoms with Gasteiger partial charge in [-0.2, -0.15) is 0 Å². The first-order valence-corrected chi connectivity index (χ1v) is 3.00. The molecule has 0 fully saturated rings. The zero-order valence-electron chi connectivity index (χ0n) is 5.78. The van der Waals surface area contributed by atoms with E-state index in [1.807, 2.05) is 0 Å². The molecule has 0 bridgehead atoms. The van der Waals surface area contributed by atoms with Gasteiger partial charge in [0.05, 0.1) is 6.67 Å². The summed E-state index contributed by atoms with van der Waals surface area (Å²) >= 11 is 0. The summed E-state index contributed by atoms with van der Waals surface area (Å²) in [5.41, 5.74) is 0. The maximum absolute atomic E-state index is 11.5. The Hall–Kier alpha value is -0.600. The van der Waals surface area contributed by atoms with Crippen LogP contribution in [0.1, 0.15) is 20.3 Å². The normalized spacial score (nSPS) is 12.8. The summed E-state index contributed by atoms with van der Waals surface area (Å²) in [5.74, 6) is -0.101. The largest absolute Gasteiger partial charge is 0.354 e. The number of hydrogen-bond donors (Lipinski definition) is 1. The molecular weight excluding hydrogens is 121 g/mol. The molecule has 0 heterocycles. The lowest BCUT2D eigenvalue weighted by atomic mass is 10.2. The molecule has 0 saturated carbocycles. The van der Waals surface area contributed by atoms with E-state index in [2.05, 4.69) is 5.32 Å². The van der Waals surface area contributed by atoms with Gasteiger partial charge >= 0.3 is 0 Å². The molecule has 2 nitrogen and oxygen atoms in total. The molecule has 0 aliphatic carbocycles. The highest BCUT2D eigenvalue weighted by Gasteiger charge is 2.00. The van der Waals surface area contributed by atoms with E-state index in [0.717, 1.165) is 0 Å².